The SMILES string of the molecule is Cc1onc(-c2c(F)cccc2Cl)c1C(=O)N1CCN(Cc2cccnc2)CC1. The molecule has 0 radical (unpaired) electrons. The van der Waals surface area contributed by atoms with Crippen LogP contribution in [-0.2, 0) is 6.54 Å². The molecule has 0 unspecified atom stereocenters. The van der Waals surface area contributed by atoms with Crippen molar-refractivity contribution in [2.75, 3.05) is 26.2 Å². The highest BCUT2D eigenvalue weighted by Gasteiger charge is 2.30. The Bertz CT molecular complexity index is 997. The largest absolute Gasteiger partial charge is 0.360 e. The van der Waals surface area contributed by atoms with Gasteiger partial charge in [0.05, 0.1) is 10.6 Å². The van der Waals surface area contributed by atoms with Gasteiger partial charge < -0.3 is 9.42 Å². The van der Waals surface area contributed by atoms with Gasteiger partial charge in [0, 0.05) is 45.1 Å². The monoisotopic (exact) mass is 414 g/mol. The Morgan fingerprint density at radius 1 is 1.21 bits per heavy atom. The number of aromatic nitrogens is 2. The van der Waals surface area contributed by atoms with Crippen LogP contribution in [0.3, 0.4) is 0 Å². The normalized spacial score (nSPS) is 14.9. The van der Waals surface area contributed by atoms with Gasteiger partial charge in [-0.05, 0) is 30.7 Å². The molecule has 0 atom stereocenters. The molecule has 1 aromatic carbocycles. The minimum atomic E-state index is -0.541. The highest BCUT2D eigenvalue weighted by molar-refractivity contribution is 6.33. The van der Waals surface area contributed by atoms with Crippen molar-refractivity contribution in [3.8, 4) is 11.3 Å². The zero-order valence-electron chi connectivity index (χ0n) is 15.9. The average Bonchev–Trinajstić information content (AvgIpc) is 3.10. The van der Waals surface area contributed by atoms with E-state index in [0.717, 1.165) is 25.2 Å². The molecule has 1 saturated heterocycles. The molecule has 29 heavy (non-hydrogen) atoms. The summed E-state index contributed by atoms with van der Waals surface area (Å²) in [7, 11) is 0. The van der Waals surface area contributed by atoms with Crippen LogP contribution in [0.25, 0.3) is 11.3 Å². The van der Waals surface area contributed by atoms with Crippen LogP contribution in [0.1, 0.15) is 21.7 Å². The number of carbonyl (C=O) groups excluding carboxylic acids is 1. The Morgan fingerprint density at radius 2 is 2.00 bits per heavy atom. The number of piperazine rings is 1. The maximum absolute atomic E-state index is 14.4. The number of carbonyl (C=O) groups is 1. The van der Waals surface area contributed by atoms with E-state index >= 15 is 0 Å². The third-order valence-corrected chi connectivity index (χ3v) is 5.38. The van der Waals surface area contributed by atoms with Crippen molar-refractivity contribution < 1.29 is 13.7 Å². The number of hydrogen-bond donors (Lipinski definition) is 0. The van der Waals surface area contributed by atoms with Crippen LogP contribution in [0.4, 0.5) is 4.39 Å². The van der Waals surface area contributed by atoms with Crippen molar-refractivity contribution in [1.82, 2.24) is 19.9 Å². The van der Waals surface area contributed by atoms with Gasteiger partial charge in [0.2, 0.25) is 0 Å². The first-order valence-corrected chi connectivity index (χ1v) is 9.73. The maximum Gasteiger partial charge on any atom is 0.259 e. The van der Waals surface area contributed by atoms with Gasteiger partial charge in [-0.3, -0.25) is 14.7 Å². The van der Waals surface area contributed by atoms with E-state index in [0.29, 0.717) is 18.8 Å². The molecule has 1 aliphatic heterocycles. The van der Waals surface area contributed by atoms with Crippen LogP contribution in [0, 0.1) is 12.7 Å². The van der Waals surface area contributed by atoms with E-state index in [1.807, 2.05) is 18.3 Å². The Morgan fingerprint density at radius 3 is 2.69 bits per heavy atom. The van der Waals surface area contributed by atoms with Crippen LogP contribution in [0.2, 0.25) is 5.02 Å². The lowest BCUT2D eigenvalue weighted by Crippen LogP contribution is -2.48. The average molecular weight is 415 g/mol. The lowest BCUT2D eigenvalue weighted by Gasteiger charge is -2.34. The number of rotatable bonds is 4. The Labute approximate surface area is 172 Å². The summed E-state index contributed by atoms with van der Waals surface area (Å²) >= 11 is 6.17. The summed E-state index contributed by atoms with van der Waals surface area (Å²) in [5, 5.41) is 4.12. The number of pyridine rings is 1. The lowest BCUT2D eigenvalue weighted by atomic mass is 10.0. The van der Waals surface area contributed by atoms with Gasteiger partial charge in [0.1, 0.15) is 22.8 Å². The fourth-order valence-corrected chi connectivity index (χ4v) is 3.79. The fraction of sp³-hybridized carbons (Fsp3) is 0.286. The predicted octanol–water partition coefficient (Wildman–Crippen LogP) is 3.80. The van der Waals surface area contributed by atoms with E-state index in [4.69, 9.17) is 16.1 Å². The van der Waals surface area contributed by atoms with E-state index in [9.17, 15) is 9.18 Å². The van der Waals surface area contributed by atoms with Crippen molar-refractivity contribution in [3.63, 3.8) is 0 Å². The summed E-state index contributed by atoms with van der Waals surface area (Å²) in [6.07, 6.45) is 3.60. The third-order valence-electron chi connectivity index (χ3n) is 5.06. The smallest absolute Gasteiger partial charge is 0.259 e. The van der Waals surface area contributed by atoms with E-state index in [2.05, 4.69) is 15.0 Å². The molecule has 150 valence electrons. The van der Waals surface area contributed by atoms with Crippen molar-refractivity contribution >= 4 is 17.5 Å². The minimum Gasteiger partial charge on any atom is -0.360 e. The number of amides is 1. The van der Waals surface area contributed by atoms with Crippen LogP contribution >= 0.6 is 11.6 Å². The number of aryl methyl sites for hydroxylation is 1. The molecule has 4 rings (SSSR count). The van der Waals surface area contributed by atoms with Crippen molar-refractivity contribution in [2.45, 2.75) is 13.5 Å². The molecular weight excluding hydrogens is 395 g/mol. The van der Waals surface area contributed by atoms with E-state index in [-0.39, 0.29) is 27.8 Å². The Balaban J connectivity index is 1.51. The van der Waals surface area contributed by atoms with Gasteiger partial charge in [0.15, 0.2) is 0 Å². The topological polar surface area (TPSA) is 62.5 Å². The summed E-state index contributed by atoms with van der Waals surface area (Å²) in [5.41, 5.74) is 1.63. The van der Waals surface area contributed by atoms with Crippen LogP contribution in [-0.4, -0.2) is 52.0 Å². The molecule has 0 saturated carbocycles. The first-order valence-electron chi connectivity index (χ1n) is 9.36. The molecule has 3 aromatic rings. The van der Waals surface area contributed by atoms with Crippen molar-refractivity contribution in [2.24, 2.45) is 0 Å². The first-order chi connectivity index (χ1) is 14.0. The second kappa shape index (κ2) is 8.31. The van der Waals surface area contributed by atoms with Gasteiger partial charge in [-0.15, -0.1) is 0 Å². The van der Waals surface area contributed by atoms with Crippen LogP contribution < -0.4 is 0 Å². The second-order valence-corrected chi connectivity index (χ2v) is 7.40. The second-order valence-electron chi connectivity index (χ2n) is 6.99. The number of benzene rings is 1. The van der Waals surface area contributed by atoms with Gasteiger partial charge >= 0.3 is 0 Å². The molecule has 1 fully saturated rings. The molecular formula is C21H20ClFN4O2. The summed E-state index contributed by atoms with van der Waals surface area (Å²) in [6, 6.07) is 8.32. The van der Waals surface area contributed by atoms with Gasteiger partial charge in [0.25, 0.3) is 5.91 Å². The molecule has 1 aliphatic rings. The third kappa shape index (κ3) is 4.02. The molecule has 8 heteroatoms. The van der Waals surface area contributed by atoms with Gasteiger partial charge in [-0.1, -0.05) is 28.9 Å². The number of nitrogens with zero attached hydrogens (tertiary/aromatic N) is 4. The fourth-order valence-electron chi connectivity index (χ4n) is 3.54. The van der Waals surface area contributed by atoms with E-state index in [1.165, 1.54) is 12.1 Å². The molecule has 0 aliphatic carbocycles. The predicted molar refractivity (Wildman–Crippen MR) is 107 cm³/mol. The standard InChI is InChI=1S/C21H20ClFN4O2/c1-14-18(20(25-29-14)19-16(22)5-2-6-17(19)23)21(28)27-10-8-26(9-11-27)13-15-4-3-7-24-12-15/h2-7,12H,8-11,13H2,1H3. The van der Waals surface area contributed by atoms with Gasteiger partial charge in [-0.25, -0.2) is 4.39 Å². The van der Waals surface area contributed by atoms with Crippen LogP contribution in [0.5, 0.6) is 0 Å². The summed E-state index contributed by atoms with van der Waals surface area (Å²) in [5.74, 6) is -0.414. The zero-order chi connectivity index (χ0) is 20.4. The molecule has 0 spiro atoms. The molecule has 1 amide bonds. The molecule has 0 N–H and O–H groups in total. The molecule has 3 heterocycles. The zero-order valence-corrected chi connectivity index (χ0v) is 16.7. The maximum atomic E-state index is 14.4. The molecule has 2 aromatic heterocycles. The summed E-state index contributed by atoms with van der Waals surface area (Å²) in [4.78, 5) is 21.4. The quantitative estimate of drug-likeness (QED) is 0.649. The first kappa shape index (κ1) is 19.5. The molecule has 0 bridgehead atoms. The molecule has 6 nitrogen and oxygen atoms in total. The summed E-state index contributed by atoms with van der Waals surface area (Å²) in [6.45, 7) is 5.04. The number of halogens is 2. The highest BCUT2D eigenvalue weighted by atomic mass is 35.5. The van der Waals surface area contributed by atoms with Gasteiger partial charge in [-0.2, -0.15) is 0 Å². The van der Waals surface area contributed by atoms with Crippen LogP contribution in [0.15, 0.2) is 47.2 Å². The minimum absolute atomic E-state index is 0.0876. The van der Waals surface area contributed by atoms with E-state index in [1.54, 1.807) is 24.1 Å². The Hall–Kier alpha value is -2.77. The number of hydrogen-bond acceptors (Lipinski definition) is 5. The van der Waals surface area contributed by atoms with E-state index < -0.39 is 5.82 Å². The Kier molecular flexibility index (Phi) is 5.60. The van der Waals surface area contributed by atoms with Crippen molar-refractivity contribution in [3.05, 3.63) is 70.5 Å². The highest BCUT2D eigenvalue weighted by Crippen LogP contribution is 2.34. The lowest BCUT2D eigenvalue weighted by molar-refractivity contribution is 0.0627. The summed E-state index contributed by atoms with van der Waals surface area (Å²) < 4.78 is 19.6. The van der Waals surface area contributed by atoms with Crippen molar-refractivity contribution in [1.29, 1.82) is 0 Å².